The van der Waals surface area contributed by atoms with Crippen molar-refractivity contribution in [2.45, 2.75) is 25.7 Å². The van der Waals surface area contributed by atoms with Crippen LogP contribution >= 0.6 is 0 Å². The van der Waals surface area contributed by atoms with Gasteiger partial charge in [0.25, 0.3) is 5.91 Å². The first-order valence-corrected chi connectivity index (χ1v) is 9.45. The number of carbonyl (C=O) groups is 1. The minimum absolute atomic E-state index is 0.107. The number of likely N-dealkylation sites (tertiary alicyclic amines) is 1. The highest BCUT2D eigenvalue weighted by molar-refractivity contribution is 5.95. The molecule has 0 atom stereocenters. The third-order valence-electron chi connectivity index (χ3n) is 5.72. The number of carbonyl (C=O) groups excluding carboxylic acids is 1. The van der Waals surface area contributed by atoms with E-state index in [4.69, 9.17) is 0 Å². The van der Waals surface area contributed by atoms with Gasteiger partial charge in [0.05, 0.1) is 0 Å². The van der Waals surface area contributed by atoms with Crippen LogP contribution < -0.4 is 0 Å². The number of halogens is 4. The fourth-order valence-electron chi connectivity index (χ4n) is 4.17. The van der Waals surface area contributed by atoms with Crippen molar-refractivity contribution < 1.29 is 22.4 Å². The minimum Gasteiger partial charge on any atom is -0.350 e. The molecule has 0 aliphatic carbocycles. The molecule has 7 heteroatoms. The number of aryl methyl sites for hydroxylation is 2. The molecule has 29 heavy (non-hydrogen) atoms. The van der Waals surface area contributed by atoms with E-state index in [1.165, 1.54) is 10.5 Å². The second-order valence-electron chi connectivity index (χ2n) is 7.63. The zero-order chi connectivity index (χ0) is 20.9. The number of fused-ring (bicyclic) bond motifs is 1. The van der Waals surface area contributed by atoms with Gasteiger partial charge in [-0.15, -0.1) is 0 Å². The van der Waals surface area contributed by atoms with Crippen LogP contribution in [0.4, 0.5) is 17.6 Å². The summed E-state index contributed by atoms with van der Waals surface area (Å²) in [5.41, 5.74) is 2.27. The van der Waals surface area contributed by atoms with Gasteiger partial charge < -0.3 is 9.47 Å². The molecule has 0 spiro atoms. The molecule has 152 valence electrons. The fourth-order valence-corrected chi connectivity index (χ4v) is 4.17. The normalized spacial score (nSPS) is 15.3. The Kier molecular flexibility index (Phi) is 4.84. The first-order chi connectivity index (χ1) is 13.8. The summed E-state index contributed by atoms with van der Waals surface area (Å²) in [4.78, 5) is 13.8. The predicted octanol–water partition coefficient (Wildman–Crippen LogP) is 5.06. The van der Waals surface area contributed by atoms with Crippen LogP contribution in [0.1, 0.15) is 40.2 Å². The maximum Gasteiger partial charge on any atom is 0.260 e. The maximum atomic E-state index is 14.0. The zero-order valence-corrected chi connectivity index (χ0v) is 16.1. The molecule has 0 unspecified atom stereocenters. The van der Waals surface area contributed by atoms with Gasteiger partial charge in [0.15, 0.2) is 23.3 Å². The van der Waals surface area contributed by atoms with E-state index < -0.39 is 34.7 Å². The average molecular weight is 404 g/mol. The Morgan fingerprint density at radius 2 is 1.62 bits per heavy atom. The molecule has 3 aromatic rings. The molecule has 1 aliphatic heterocycles. The Labute approximate surface area is 165 Å². The lowest BCUT2D eigenvalue weighted by molar-refractivity contribution is 0.0700. The topological polar surface area (TPSA) is 25.2 Å². The number of piperidine rings is 1. The van der Waals surface area contributed by atoms with E-state index in [-0.39, 0.29) is 25.1 Å². The molecule has 0 saturated carbocycles. The number of hydrogen-bond donors (Lipinski definition) is 0. The summed E-state index contributed by atoms with van der Waals surface area (Å²) in [5.74, 6) is -7.29. The quantitative estimate of drug-likeness (QED) is 0.433. The van der Waals surface area contributed by atoms with Crippen LogP contribution in [0.2, 0.25) is 0 Å². The molecule has 0 N–H and O–H groups in total. The van der Waals surface area contributed by atoms with Crippen molar-refractivity contribution in [1.29, 1.82) is 0 Å². The van der Waals surface area contributed by atoms with E-state index in [1.807, 2.05) is 14.0 Å². The highest BCUT2D eigenvalue weighted by Gasteiger charge is 2.31. The Morgan fingerprint density at radius 1 is 1.00 bits per heavy atom. The third kappa shape index (κ3) is 3.28. The molecule has 0 bridgehead atoms. The Hall–Kier alpha value is -2.83. The number of amides is 1. The van der Waals surface area contributed by atoms with Crippen LogP contribution in [0, 0.1) is 30.2 Å². The van der Waals surface area contributed by atoms with Gasteiger partial charge >= 0.3 is 0 Å². The average Bonchev–Trinajstić information content (AvgIpc) is 3.02. The number of benzene rings is 2. The van der Waals surface area contributed by atoms with Gasteiger partial charge in [-0.25, -0.2) is 17.6 Å². The van der Waals surface area contributed by atoms with Crippen molar-refractivity contribution in [2.24, 2.45) is 7.05 Å². The van der Waals surface area contributed by atoms with Crippen LogP contribution in [0.25, 0.3) is 10.9 Å². The lowest BCUT2D eigenvalue weighted by atomic mass is 9.88. The van der Waals surface area contributed by atoms with Crippen LogP contribution in [0.15, 0.2) is 30.5 Å². The molecule has 1 aromatic heterocycles. The lowest BCUT2D eigenvalue weighted by Gasteiger charge is -2.32. The third-order valence-corrected chi connectivity index (χ3v) is 5.72. The Bertz CT molecular complexity index is 1090. The van der Waals surface area contributed by atoms with Gasteiger partial charge in [-0.3, -0.25) is 4.79 Å². The van der Waals surface area contributed by atoms with Crippen molar-refractivity contribution in [1.82, 2.24) is 9.47 Å². The van der Waals surface area contributed by atoms with Crippen LogP contribution in [0.5, 0.6) is 0 Å². The largest absolute Gasteiger partial charge is 0.350 e. The molecule has 1 aliphatic rings. The van der Waals surface area contributed by atoms with E-state index in [0.29, 0.717) is 12.8 Å². The molecule has 0 radical (unpaired) electrons. The molecule has 4 rings (SSSR count). The maximum absolute atomic E-state index is 14.0. The Balaban J connectivity index is 1.57. The van der Waals surface area contributed by atoms with E-state index in [1.54, 1.807) is 0 Å². The van der Waals surface area contributed by atoms with Crippen molar-refractivity contribution >= 4 is 16.8 Å². The molecular formula is C22H20F4N2O. The van der Waals surface area contributed by atoms with Crippen LogP contribution in [0.3, 0.4) is 0 Å². The molecular weight excluding hydrogens is 384 g/mol. The first kappa shape index (κ1) is 19.5. The van der Waals surface area contributed by atoms with Crippen molar-refractivity contribution in [3.8, 4) is 0 Å². The SMILES string of the molecule is Cc1ccc2c(c1)c(C1CCN(C(=O)c3c(F)c(F)cc(F)c3F)CC1)cn2C. The Morgan fingerprint density at radius 3 is 2.24 bits per heavy atom. The van der Waals surface area contributed by atoms with Crippen molar-refractivity contribution in [2.75, 3.05) is 13.1 Å². The van der Waals surface area contributed by atoms with Gasteiger partial charge in [0, 0.05) is 43.3 Å². The number of hydrogen-bond acceptors (Lipinski definition) is 1. The minimum atomic E-state index is -1.65. The van der Waals surface area contributed by atoms with E-state index in [9.17, 15) is 22.4 Å². The standard InChI is InChI=1S/C22H20F4N2O/c1-12-3-4-18-14(9-12)15(11-27(18)2)13-5-7-28(8-6-13)22(29)19-20(25)16(23)10-17(24)21(19)26/h3-4,9-11,13H,5-8H2,1-2H3. The van der Waals surface area contributed by atoms with E-state index >= 15 is 0 Å². The fraction of sp³-hybridized carbons (Fsp3) is 0.318. The lowest BCUT2D eigenvalue weighted by Crippen LogP contribution is -2.39. The second-order valence-corrected chi connectivity index (χ2v) is 7.63. The number of rotatable bonds is 2. The first-order valence-electron chi connectivity index (χ1n) is 9.45. The summed E-state index contributed by atoms with van der Waals surface area (Å²) in [6.07, 6.45) is 3.27. The summed E-state index contributed by atoms with van der Waals surface area (Å²) in [6.45, 7) is 2.53. The molecule has 2 aromatic carbocycles. The summed E-state index contributed by atoms with van der Waals surface area (Å²) in [5, 5.41) is 1.15. The zero-order valence-electron chi connectivity index (χ0n) is 16.1. The monoisotopic (exact) mass is 404 g/mol. The second kappa shape index (κ2) is 7.21. The van der Waals surface area contributed by atoms with Crippen molar-refractivity contribution in [3.05, 3.63) is 70.4 Å². The van der Waals surface area contributed by atoms with E-state index in [0.717, 1.165) is 16.5 Å². The predicted molar refractivity (Wildman–Crippen MR) is 102 cm³/mol. The smallest absolute Gasteiger partial charge is 0.260 e. The van der Waals surface area contributed by atoms with E-state index in [2.05, 4.69) is 29.0 Å². The highest BCUT2D eigenvalue weighted by Crippen LogP contribution is 2.35. The van der Waals surface area contributed by atoms with Crippen molar-refractivity contribution in [3.63, 3.8) is 0 Å². The summed E-state index contributed by atoms with van der Waals surface area (Å²) in [6, 6.07) is 6.35. The summed E-state index contributed by atoms with van der Waals surface area (Å²) in [7, 11) is 1.98. The van der Waals surface area contributed by atoms with Gasteiger partial charge in [-0.2, -0.15) is 0 Å². The highest BCUT2D eigenvalue weighted by atomic mass is 19.2. The molecule has 1 fully saturated rings. The molecule has 2 heterocycles. The van der Waals surface area contributed by atoms with Crippen LogP contribution in [-0.2, 0) is 7.05 Å². The molecule has 3 nitrogen and oxygen atoms in total. The number of aromatic nitrogens is 1. The number of nitrogens with zero attached hydrogens (tertiary/aromatic N) is 2. The molecule has 1 saturated heterocycles. The van der Waals surface area contributed by atoms with Gasteiger partial charge in [-0.05, 0) is 43.4 Å². The van der Waals surface area contributed by atoms with Crippen LogP contribution in [-0.4, -0.2) is 28.5 Å². The van der Waals surface area contributed by atoms with Gasteiger partial charge in [0.2, 0.25) is 0 Å². The summed E-state index contributed by atoms with van der Waals surface area (Å²) < 4.78 is 56.9. The van der Waals surface area contributed by atoms with Gasteiger partial charge in [-0.1, -0.05) is 11.6 Å². The molecule has 1 amide bonds. The van der Waals surface area contributed by atoms with Gasteiger partial charge in [0.1, 0.15) is 5.56 Å². The summed E-state index contributed by atoms with van der Waals surface area (Å²) >= 11 is 0.